The third-order valence-electron chi connectivity index (χ3n) is 5.71. The van der Waals surface area contributed by atoms with Crippen LogP contribution >= 0.6 is 0 Å². The van der Waals surface area contributed by atoms with Crippen molar-refractivity contribution in [3.05, 3.63) is 0 Å². The van der Waals surface area contributed by atoms with Crippen molar-refractivity contribution in [1.82, 2.24) is 5.32 Å². The van der Waals surface area contributed by atoms with E-state index in [1.807, 2.05) is 0 Å². The van der Waals surface area contributed by atoms with Gasteiger partial charge in [-0.1, -0.05) is 53.4 Å². The molecule has 0 rings (SSSR count). The fraction of sp³-hybridized carbons (Fsp3) is 0.923. The summed E-state index contributed by atoms with van der Waals surface area (Å²) in [4.78, 5) is 9.48. The van der Waals surface area contributed by atoms with Gasteiger partial charge in [-0.15, -0.1) is 0 Å². The summed E-state index contributed by atoms with van der Waals surface area (Å²) < 4.78 is 16.7. The van der Waals surface area contributed by atoms with Crippen molar-refractivity contribution in [2.24, 2.45) is 27.4 Å². The van der Waals surface area contributed by atoms with Crippen molar-refractivity contribution in [3.63, 3.8) is 0 Å². The lowest BCUT2D eigenvalue weighted by molar-refractivity contribution is 0.0973. The Morgan fingerprint density at radius 2 is 1.47 bits per heavy atom. The molecule has 0 amide bonds. The molecule has 0 saturated carbocycles. The maximum absolute atomic E-state index is 5.93. The first-order valence-electron chi connectivity index (χ1n) is 13.6. The largest absolute Gasteiger partial charge is 0.367 e. The molecule has 0 heterocycles. The zero-order valence-electron chi connectivity index (χ0n) is 22.7. The Morgan fingerprint density at radius 1 is 0.765 bits per heavy atom. The first kappa shape index (κ1) is 33.1. The lowest BCUT2D eigenvalue weighted by Gasteiger charge is -2.28. The average molecular weight is 486 g/mol. The van der Waals surface area contributed by atoms with E-state index in [1.165, 1.54) is 12.8 Å². The predicted molar refractivity (Wildman–Crippen MR) is 145 cm³/mol. The van der Waals surface area contributed by atoms with E-state index in [1.54, 1.807) is 0 Å². The van der Waals surface area contributed by atoms with Crippen molar-refractivity contribution in [3.8, 4) is 0 Å². The maximum Gasteiger partial charge on any atom is 0.137 e. The summed E-state index contributed by atoms with van der Waals surface area (Å²) in [5.74, 6) is 0.637. The summed E-state index contributed by atoms with van der Waals surface area (Å²) in [6.07, 6.45) is 10.9. The summed E-state index contributed by atoms with van der Waals surface area (Å²) in [6.45, 7) is 13.1. The molecule has 0 radical (unpaired) electrons. The molecule has 34 heavy (non-hydrogen) atoms. The van der Waals surface area contributed by atoms with Crippen LogP contribution in [0.15, 0.2) is 9.98 Å². The Morgan fingerprint density at radius 3 is 2.09 bits per heavy atom. The monoisotopic (exact) mass is 485 g/mol. The second-order valence-corrected chi connectivity index (χ2v) is 8.68. The molecule has 0 aliphatic heterocycles. The third-order valence-corrected chi connectivity index (χ3v) is 5.71. The number of nitrogens with one attached hydrogen (secondary N) is 1. The van der Waals surface area contributed by atoms with Crippen LogP contribution in [0.2, 0.25) is 0 Å². The molecular formula is C26H55N5O3. The highest BCUT2D eigenvalue weighted by Crippen LogP contribution is 2.21. The summed E-state index contributed by atoms with van der Waals surface area (Å²) in [5.41, 5.74) is 13.1. The Bertz CT molecular complexity index is 503. The van der Waals surface area contributed by atoms with E-state index in [9.17, 15) is 0 Å². The van der Waals surface area contributed by atoms with Crippen molar-refractivity contribution in [2.45, 2.75) is 97.9 Å². The van der Waals surface area contributed by atoms with Crippen LogP contribution in [0.25, 0.3) is 0 Å². The molecule has 0 fully saturated rings. The Labute approximate surface area is 209 Å². The van der Waals surface area contributed by atoms with Gasteiger partial charge in [0.25, 0.3) is 0 Å². The highest BCUT2D eigenvalue weighted by atomic mass is 16.5. The van der Waals surface area contributed by atoms with Crippen LogP contribution in [-0.2, 0) is 14.2 Å². The van der Waals surface area contributed by atoms with E-state index in [0.717, 1.165) is 69.4 Å². The Hall–Kier alpha value is -0.900. The van der Waals surface area contributed by atoms with Crippen LogP contribution < -0.4 is 16.8 Å². The van der Waals surface area contributed by atoms with Crippen LogP contribution in [0.4, 0.5) is 0 Å². The van der Waals surface area contributed by atoms with Gasteiger partial charge in [0.2, 0.25) is 0 Å². The first-order valence-corrected chi connectivity index (χ1v) is 13.6. The van der Waals surface area contributed by atoms with E-state index >= 15 is 0 Å². The second kappa shape index (κ2) is 25.2. The lowest BCUT2D eigenvalue weighted by Crippen LogP contribution is -2.38. The SMILES string of the molecule is CCCC(=NCCOCNC(CCC)C(CCC)CCCOCN)C(CCC)=NCOCCN. The number of nitrogens with two attached hydrogens (primary N) is 2. The molecule has 0 saturated heterocycles. The number of hydrogen-bond acceptors (Lipinski definition) is 8. The number of nitrogens with zero attached hydrogens (tertiary/aromatic N) is 2. The fourth-order valence-electron chi connectivity index (χ4n) is 4.12. The van der Waals surface area contributed by atoms with Crippen molar-refractivity contribution < 1.29 is 14.2 Å². The summed E-state index contributed by atoms with van der Waals surface area (Å²) in [7, 11) is 0. The van der Waals surface area contributed by atoms with E-state index in [4.69, 9.17) is 30.7 Å². The smallest absolute Gasteiger partial charge is 0.137 e. The summed E-state index contributed by atoms with van der Waals surface area (Å²) in [6, 6.07) is 0.471. The van der Waals surface area contributed by atoms with E-state index in [2.05, 4.69) is 38.0 Å². The molecule has 202 valence electrons. The van der Waals surface area contributed by atoms with Gasteiger partial charge in [0.15, 0.2) is 0 Å². The molecule has 0 aliphatic rings. The summed E-state index contributed by atoms with van der Waals surface area (Å²) >= 11 is 0. The molecule has 0 aromatic rings. The number of rotatable bonds is 25. The number of hydrogen-bond donors (Lipinski definition) is 3. The van der Waals surface area contributed by atoms with Gasteiger partial charge in [-0.25, -0.2) is 0 Å². The van der Waals surface area contributed by atoms with Gasteiger partial charge in [-0.05, 0) is 44.4 Å². The van der Waals surface area contributed by atoms with Gasteiger partial charge >= 0.3 is 0 Å². The molecule has 2 atom stereocenters. The second-order valence-electron chi connectivity index (χ2n) is 8.68. The molecule has 0 aliphatic carbocycles. The molecule has 2 unspecified atom stereocenters. The minimum Gasteiger partial charge on any atom is -0.367 e. The zero-order valence-corrected chi connectivity index (χ0v) is 22.7. The standard InChI is InChI=1S/C26H55N5O3/c1-5-10-23(14-9-17-32-20-28)24(11-6-2)30-21-34-19-16-29-25(12-7-3)26(13-8-4)31-22-33-18-15-27/h23-24,30H,5-22,27-28H2,1-4H3. The third kappa shape index (κ3) is 17.5. The molecule has 0 spiro atoms. The molecule has 0 bridgehead atoms. The van der Waals surface area contributed by atoms with E-state index in [0.29, 0.717) is 58.5 Å². The topological polar surface area (TPSA) is 116 Å². The molecule has 8 heteroatoms. The number of ether oxygens (including phenoxy) is 3. The van der Waals surface area contributed by atoms with E-state index < -0.39 is 0 Å². The van der Waals surface area contributed by atoms with Gasteiger partial charge in [0.1, 0.15) is 6.73 Å². The average Bonchev–Trinajstić information content (AvgIpc) is 2.84. The van der Waals surface area contributed by atoms with Crippen LogP contribution in [0.1, 0.15) is 91.9 Å². The Balaban J connectivity index is 4.68. The molecule has 8 nitrogen and oxygen atoms in total. The molecule has 0 aromatic carbocycles. The van der Waals surface area contributed by atoms with Gasteiger partial charge in [-0.3, -0.25) is 15.3 Å². The predicted octanol–water partition coefficient (Wildman–Crippen LogP) is 4.26. The maximum atomic E-state index is 5.93. The molecule has 0 aromatic heterocycles. The lowest BCUT2D eigenvalue weighted by atomic mass is 9.88. The van der Waals surface area contributed by atoms with Crippen LogP contribution in [0.5, 0.6) is 0 Å². The Kier molecular flexibility index (Phi) is 24.5. The van der Waals surface area contributed by atoms with Crippen molar-refractivity contribution >= 4 is 11.4 Å². The zero-order chi connectivity index (χ0) is 25.3. The van der Waals surface area contributed by atoms with Crippen molar-refractivity contribution in [1.29, 1.82) is 0 Å². The minimum atomic E-state index is 0.305. The van der Waals surface area contributed by atoms with Gasteiger partial charge < -0.3 is 25.7 Å². The van der Waals surface area contributed by atoms with Crippen LogP contribution in [0.3, 0.4) is 0 Å². The molecule has 5 N–H and O–H groups in total. The summed E-state index contributed by atoms with van der Waals surface area (Å²) in [5, 5.41) is 3.66. The quantitative estimate of drug-likeness (QED) is 0.101. The highest BCUT2D eigenvalue weighted by Gasteiger charge is 2.19. The van der Waals surface area contributed by atoms with Gasteiger partial charge in [-0.2, -0.15) is 0 Å². The van der Waals surface area contributed by atoms with Crippen LogP contribution in [-0.4, -0.2) is 70.6 Å². The van der Waals surface area contributed by atoms with Crippen molar-refractivity contribution in [2.75, 3.05) is 53.1 Å². The highest BCUT2D eigenvalue weighted by molar-refractivity contribution is 6.42. The van der Waals surface area contributed by atoms with Gasteiger partial charge in [0, 0.05) is 19.2 Å². The minimum absolute atomic E-state index is 0.305. The fourth-order valence-corrected chi connectivity index (χ4v) is 4.12. The first-order chi connectivity index (χ1) is 16.7. The van der Waals surface area contributed by atoms with E-state index in [-0.39, 0.29) is 0 Å². The van der Waals surface area contributed by atoms with Gasteiger partial charge in [0.05, 0.1) is 44.6 Å². The number of aliphatic imine (C=N–C) groups is 2. The van der Waals surface area contributed by atoms with Crippen LogP contribution in [0, 0.1) is 5.92 Å². The molecular weight excluding hydrogens is 430 g/mol. The normalized spacial score (nSPS) is 14.5.